The van der Waals surface area contributed by atoms with Crippen LogP contribution in [-0.4, -0.2) is 49.4 Å². The van der Waals surface area contributed by atoms with Gasteiger partial charge in [0, 0.05) is 30.3 Å². The summed E-state index contributed by atoms with van der Waals surface area (Å²) in [6.07, 6.45) is 1.47. The first kappa shape index (κ1) is 25.3. The van der Waals surface area contributed by atoms with Crippen molar-refractivity contribution in [3.8, 4) is 17.2 Å². The number of allylic oxidation sites excluding steroid dienone is 1. The van der Waals surface area contributed by atoms with E-state index >= 15 is 0 Å². The van der Waals surface area contributed by atoms with Gasteiger partial charge in [-0.05, 0) is 76.6 Å². The Hall–Kier alpha value is -4.34. The predicted octanol–water partition coefficient (Wildman–Crippen LogP) is 3.54. The second kappa shape index (κ2) is 9.20. The molecule has 0 saturated heterocycles. The zero-order valence-electron chi connectivity index (χ0n) is 22.1. The van der Waals surface area contributed by atoms with Gasteiger partial charge in [0.15, 0.2) is 5.78 Å². The van der Waals surface area contributed by atoms with Crippen LogP contribution in [0, 0.1) is 0 Å². The Kier molecular flexibility index (Phi) is 6.13. The molecule has 2 aliphatic heterocycles. The van der Waals surface area contributed by atoms with Gasteiger partial charge >= 0.3 is 17.5 Å². The molecule has 3 heterocycles. The molecule has 1 amide bonds. The van der Waals surface area contributed by atoms with Crippen LogP contribution in [-0.2, 0) is 6.54 Å². The zero-order chi connectivity index (χ0) is 27.4. The monoisotopic (exact) mass is 518 g/mol. The highest BCUT2D eigenvalue weighted by Gasteiger charge is 2.44. The largest absolute Gasteiger partial charge is 0.483 e. The lowest BCUT2D eigenvalue weighted by Crippen LogP contribution is -2.46. The van der Waals surface area contributed by atoms with E-state index in [-0.39, 0.29) is 12.3 Å². The first-order valence-corrected chi connectivity index (χ1v) is 12.6. The fraction of sp³-hybridized carbons (Fsp3) is 0.357. The predicted molar refractivity (Wildman–Crippen MR) is 141 cm³/mol. The Morgan fingerprint density at radius 1 is 1.05 bits per heavy atom. The Bertz CT molecular complexity index is 1580. The summed E-state index contributed by atoms with van der Waals surface area (Å²) in [6.45, 7) is 10.3. The normalized spacial score (nSPS) is 16.9. The van der Waals surface area contributed by atoms with Gasteiger partial charge in [-0.25, -0.2) is 28.3 Å². The number of amides is 1. The molecule has 1 unspecified atom stereocenters. The van der Waals surface area contributed by atoms with Gasteiger partial charge in [-0.15, -0.1) is 0 Å². The molecule has 10 heteroatoms. The quantitative estimate of drug-likeness (QED) is 0.378. The SMILES string of the molecule is CCN(CC)C(=O)Oc1ccc2c(c1)OC(C)(C)C1=CCn3c(=O)n(-c4ccc(C(C)=O)cc4)c(=O)n3C12. The van der Waals surface area contributed by atoms with Crippen molar-refractivity contribution >= 4 is 11.9 Å². The van der Waals surface area contributed by atoms with Gasteiger partial charge < -0.3 is 14.4 Å². The molecule has 2 aliphatic rings. The van der Waals surface area contributed by atoms with Crippen LogP contribution in [0.3, 0.4) is 0 Å². The number of hydrogen-bond acceptors (Lipinski definition) is 6. The van der Waals surface area contributed by atoms with Crippen molar-refractivity contribution in [2.24, 2.45) is 0 Å². The fourth-order valence-corrected chi connectivity index (χ4v) is 5.15. The van der Waals surface area contributed by atoms with Crippen molar-refractivity contribution in [2.75, 3.05) is 13.1 Å². The number of ketones is 1. The maximum absolute atomic E-state index is 13.8. The molecule has 0 aliphatic carbocycles. The van der Waals surface area contributed by atoms with E-state index in [0.717, 1.165) is 10.1 Å². The van der Waals surface area contributed by atoms with E-state index in [1.165, 1.54) is 16.3 Å². The number of carbonyl (C=O) groups is 2. The first-order chi connectivity index (χ1) is 18.1. The van der Waals surface area contributed by atoms with Crippen molar-refractivity contribution in [1.82, 2.24) is 18.8 Å². The van der Waals surface area contributed by atoms with Gasteiger partial charge in [-0.1, -0.05) is 6.08 Å². The van der Waals surface area contributed by atoms with Crippen molar-refractivity contribution in [1.29, 1.82) is 0 Å². The third-order valence-corrected chi connectivity index (χ3v) is 7.18. The molecule has 2 aromatic carbocycles. The number of ether oxygens (including phenoxy) is 2. The summed E-state index contributed by atoms with van der Waals surface area (Å²) in [6, 6.07) is 10.9. The molecule has 3 aromatic rings. The fourth-order valence-electron chi connectivity index (χ4n) is 5.15. The molecule has 1 aromatic heterocycles. The van der Waals surface area contributed by atoms with Crippen LogP contribution < -0.4 is 20.9 Å². The lowest BCUT2D eigenvalue weighted by molar-refractivity contribution is 0.101. The Balaban J connectivity index is 1.61. The van der Waals surface area contributed by atoms with E-state index in [0.29, 0.717) is 41.4 Å². The summed E-state index contributed by atoms with van der Waals surface area (Å²) in [5, 5.41) is 0. The van der Waals surface area contributed by atoms with E-state index in [1.54, 1.807) is 47.4 Å². The summed E-state index contributed by atoms with van der Waals surface area (Å²) in [4.78, 5) is 52.9. The number of Topliss-reactive ketones (excluding diaryl/α,β-unsaturated/α-hetero) is 1. The minimum Gasteiger partial charge on any atom is -0.483 e. The maximum atomic E-state index is 13.8. The van der Waals surface area contributed by atoms with E-state index in [1.807, 2.05) is 33.8 Å². The summed E-state index contributed by atoms with van der Waals surface area (Å²) in [5.74, 6) is 0.690. The molecule has 0 radical (unpaired) electrons. The lowest BCUT2D eigenvalue weighted by Gasteiger charge is -2.42. The minimum atomic E-state index is -0.787. The van der Waals surface area contributed by atoms with Gasteiger partial charge in [0.25, 0.3) is 0 Å². The molecule has 0 bridgehead atoms. The first-order valence-electron chi connectivity index (χ1n) is 12.6. The second-order valence-electron chi connectivity index (χ2n) is 9.84. The van der Waals surface area contributed by atoms with Gasteiger partial charge in [-0.3, -0.25) is 4.79 Å². The lowest BCUT2D eigenvalue weighted by atomic mass is 9.83. The van der Waals surface area contributed by atoms with Crippen LogP contribution in [0.25, 0.3) is 5.69 Å². The minimum absolute atomic E-state index is 0.103. The third kappa shape index (κ3) is 3.96. The third-order valence-electron chi connectivity index (χ3n) is 7.18. The molecular weight excluding hydrogens is 488 g/mol. The smallest absolute Gasteiger partial charge is 0.415 e. The van der Waals surface area contributed by atoms with E-state index in [9.17, 15) is 19.2 Å². The molecule has 0 fully saturated rings. The number of aromatic nitrogens is 3. The van der Waals surface area contributed by atoms with E-state index in [4.69, 9.17) is 9.47 Å². The molecule has 10 nitrogen and oxygen atoms in total. The number of fused-ring (bicyclic) bond motifs is 5. The van der Waals surface area contributed by atoms with Crippen molar-refractivity contribution in [3.63, 3.8) is 0 Å². The van der Waals surface area contributed by atoms with E-state index in [2.05, 4.69) is 0 Å². The highest BCUT2D eigenvalue weighted by atomic mass is 16.6. The summed E-state index contributed by atoms with van der Waals surface area (Å²) in [7, 11) is 0. The maximum Gasteiger partial charge on any atom is 0.415 e. The van der Waals surface area contributed by atoms with Gasteiger partial charge in [0.1, 0.15) is 23.1 Å². The average Bonchev–Trinajstić information content (AvgIpc) is 3.14. The second-order valence-corrected chi connectivity index (χ2v) is 9.84. The van der Waals surface area contributed by atoms with Crippen LogP contribution in [0.4, 0.5) is 4.79 Å². The summed E-state index contributed by atoms with van der Waals surface area (Å²) >= 11 is 0. The zero-order valence-corrected chi connectivity index (χ0v) is 22.1. The molecule has 0 saturated carbocycles. The van der Waals surface area contributed by atoms with Crippen LogP contribution in [0.1, 0.15) is 56.6 Å². The molecule has 0 spiro atoms. The van der Waals surface area contributed by atoms with Crippen molar-refractivity contribution < 1.29 is 19.1 Å². The summed E-state index contributed by atoms with van der Waals surface area (Å²) in [5.41, 5.74) is 0.643. The molecular formula is C28H30N4O6. The van der Waals surface area contributed by atoms with Crippen LogP contribution in [0.2, 0.25) is 0 Å². The van der Waals surface area contributed by atoms with E-state index < -0.39 is 29.1 Å². The molecule has 198 valence electrons. The number of carbonyl (C=O) groups excluding carboxylic acids is 2. The number of benzene rings is 2. The van der Waals surface area contributed by atoms with Gasteiger partial charge in [0.2, 0.25) is 0 Å². The Labute approximate surface area is 219 Å². The standard InChI is InChI=1S/C28H30N4O6/c1-6-29(7-2)27(36)37-20-12-13-21-23(16-20)38-28(4,5)22-14-15-30-25(34)31(26(35)32(30)24(21)22)19-10-8-18(9-11-19)17(3)33/h8-14,16,24H,6-7,15H2,1-5H3. The van der Waals surface area contributed by atoms with Crippen LogP contribution >= 0.6 is 0 Å². The number of rotatable bonds is 5. The highest BCUT2D eigenvalue weighted by Crippen LogP contribution is 2.47. The van der Waals surface area contributed by atoms with Crippen LogP contribution in [0.5, 0.6) is 11.5 Å². The topological polar surface area (TPSA) is 105 Å². The molecule has 38 heavy (non-hydrogen) atoms. The average molecular weight is 519 g/mol. The van der Waals surface area contributed by atoms with Crippen molar-refractivity contribution in [3.05, 3.63) is 86.2 Å². The number of hydrogen-bond donors (Lipinski definition) is 0. The Morgan fingerprint density at radius 2 is 1.74 bits per heavy atom. The molecule has 1 atom stereocenters. The van der Waals surface area contributed by atoms with Gasteiger partial charge in [0.05, 0.1) is 12.2 Å². The molecule has 0 N–H and O–H groups in total. The van der Waals surface area contributed by atoms with Crippen molar-refractivity contribution in [2.45, 2.75) is 52.8 Å². The summed E-state index contributed by atoms with van der Waals surface area (Å²) < 4.78 is 15.9. The highest BCUT2D eigenvalue weighted by molar-refractivity contribution is 5.94. The van der Waals surface area contributed by atoms with Crippen LogP contribution in [0.15, 0.2) is 63.7 Å². The van der Waals surface area contributed by atoms with Gasteiger partial charge in [-0.2, -0.15) is 0 Å². The number of nitrogens with zero attached hydrogens (tertiary/aromatic N) is 4. The Morgan fingerprint density at radius 3 is 2.37 bits per heavy atom. The molecule has 5 rings (SSSR count).